The molecule has 1 aromatic heterocycles. The number of nitrogens with one attached hydrogen (secondary N) is 2. The van der Waals surface area contributed by atoms with Crippen LogP contribution < -0.4 is 15.4 Å². The topological polar surface area (TPSA) is 70.7 Å². The molecule has 0 spiro atoms. The maximum atomic E-state index is 12.9. The maximum absolute atomic E-state index is 12.9. The van der Waals surface area contributed by atoms with E-state index >= 15 is 0 Å². The summed E-state index contributed by atoms with van der Waals surface area (Å²) in [5.74, 6) is 0.736. The third kappa shape index (κ3) is 3.84. The van der Waals surface area contributed by atoms with Gasteiger partial charge in [0.1, 0.15) is 17.8 Å². The number of amides is 2. The van der Waals surface area contributed by atoms with E-state index < -0.39 is 6.04 Å². The Morgan fingerprint density at radius 1 is 1.22 bits per heavy atom. The van der Waals surface area contributed by atoms with Gasteiger partial charge in [-0.05, 0) is 46.5 Å². The number of carbonyl (C=O) groups excluding carboxylic acids is 2. The predicted octanol–water partition coefficient (Wildman–Crippen LogP) is 1.56. The number of benzene rings is 1. The van der Waals surface area contributed by atoms with Gasteiger partial charge in [-0.25, -0.2) is 0 Å². The van der Waals surface area contributed by atoms with Crippen LogP contribution in [-0.2, 0) is 22.6 Å². The van der Waals surface area contributed by atoms with E-state index in [1.54, 1.807) is 23.3 Å². The summed E-state index contributed by atoms with van der Waals surface area (Å²) in [5.41, 5.74) is 2.23. The van der Waals surface area contributed by atoms with Crippen molar-refractivity contribution in [2.24, 2.45) is 0 Å². The highest BCUT2D eigenvalue weighted by Gasteiger charge is 2.46. The van der Waals surface area contributed by atoms with Crippen molar-refractivity contribution in [2.75, 3.05) is 13.7 Å². The zero-order valence-electron chi connectivity index (χ0n) is 15.2. The van der Waals surface area contributed by atoms with Crippen LogP contribution in [0.3, 0.4) is 0 Å². The second-order valence-corrected chi connectivity index (χ2v) is 7.84. The average molecular weight is 385 g/mol. The Morgan fingerprint density at radius 2 is 2.04 bits per heavy atom. The molecule has 2 aromatic rings. The summed E-state index contributed by atoms with van der Waals surface area (Å²) >= 11 is 1.67. The highest BCUT2D eigenvalue weighted by molar-refractivity contribution is 7.07. The van der Waals surface area contributed by atoms with Gasteiger partial charge in [-0.3, -0.25) is 9.59 Å². The molecular weight excluding hydrogens is 362 g/mol. The minimum absolute atomic E-state index is 0.00949. The lowest BCUT2D eigenvalue weighted by molar-refractivity contribution is -0.147. The number of ether oxygens (including phenoxy) is 1. The molecule has 2 amide bonds. The summed E-state index contributed by atoms with van der Waals surface area (Å²) in [6, 6.07) is 8.97. The first-order chi connectivity index (χ1) is 13.1. The van der Waals surface area contributed by atoms with Crippen molar-refractivity contribution >= 4 is 23.2 Å². The lowest BCUT2D eigenvalue weighted by Gasteiger charge is -2.34. The van der Waals surface area contributed by atoms with Crippen LogP contribution in [0.25, 0.3) is 0 Å². The number of methoxy groups -OCH3 is 1. The number of fused-ring (bicyclic) bond motifs is 1. The minimum atomic E-state index is -0.502. The van der Waals surface area contributed by atoms with Gasteiger partial charge < -0.3 is 20.3 Å². The zero-order valence-corrected chi connectivity index (χ0v) is 16.0. The molecule has 6 nitrogen and oxygen atoms in total. The van der Waals surface area contributed by atoms with E-state index in [-0.39, 0.29) is 23.9 Å². The molecule has 3 heterocycles. The van der Waals surface area contributed by atoms with Gasteiger partial charge in [0.05, 0.1) is 7.11 Å². The summed E-state index contributed by atoms with van der Waals surface area (Å²) in [6.07, 6.45) is 1.15. The molecule has 0 radical (unpaired) electrons. The van der Waals surface area contributed by atoms with E-state index in [1.807, 2.05) is 24.3 Å². The van der Waals surface area contributed by atoms with Crippen LogP contribution in [0.2, 0.25) is 0 Å². The first-order valence-electron chi connectivity index (χ1n) is 9.12. The van der Waals surface area contributed by atoms with Gasteiger partial charge in [0.2, 0.25) is 11.8 Å². The third-order valence-electron chi connectivity index (χ3n) is 5.28. The molecule has 2 fully saturated rings. The molecule has 0 unspecified atom stereocenters. The van der Waals surface area contributed by atoms with E-state index in [2.05, 4.69) is 27.5 Å². The molecule has 0 saturated carbocycles. The van der Waals surface area contributed by atoms with E-state index in [0.29, 0.717) is 19.4 Å². The fraction of sp³-hybridized carbons (Fsp3) is 0.400. The summed E-state index contributed by atoms with van der Waals surface area (Å²) in [7, 11) is 1.62. The zero-order chi connectivity index (χ0) is 18.8. The number of hydrogen-bond donors (Lipinski definition) is 2. The Labute approximate surface area is 162 Å². The van der Waals surface area contributed by atoms with Gasteiger partial charge in [-0.2, -0.15) is 11.3 Å². The molecule has 0 bridgehead atoms. The van der Waals surface area contributed by atoms with Gasteiger partial charge in [0.25, 0.3) is 0 Å². The van der Waals surface area contributed by atoms with Crippen LogP contribution in [-0.4, -0.2) is 48.5 Å². The molecule has 2 aliphatic heterocycles. The van der Waals surface area contributed by atoms with E-state index in [0.717, 1.165) is 17.9 Å². The lowest BCUT2D eigenvalue weighted by atomic mass is 10.0. The number of thiophene rings is 1. The van der Waals surface area contributed by atoms with Crippen molar-refractivity contribution < 1.29 is 14.3 Å². The van der Waals surface area contributed by atoms with Crippen LogP contribution in [0.4, 0.5) is 0 Å². The van der Waals surface area contributed by atoms with E-state index in [4.69, 9.17) is 4.74 Å². The van der Waals surface area contributed by atoms with Crippen molar-refractivity contribution in [1.29, 1.82) is 0 Å². The average Bonchev–Trinajstić information content (AvgIpc) is 3.35. The summed E-state index contributed by atoms with van der Waals surface area (Å²) in [4.78, 5) is 27.2. The number of nitrogens with zero attached hydrogens (tertiary/aromatic N) is 1. The van der Waals surface area contributed by atoms with Crippen molar-refractivity contribution in [1.82, 2.24) is 15.5 Å². The van der Waals surface area contributed by atoms with E-state index in [9.17, 15) is 9.59 Å². The van der Waals surface area contributed by atoms with Crippen LogP contribution in [0.15, 0.2) is 41.1 Å². The normalized spacial score (nSPS) is 24.6. The molecule has 2 saturated heterocycles. The fourth-order valence-electron chi connectivity index (χ4n) is 3.80. The molecule has 1 aromatic carbocycles. The molecule has 142 valence electrons. The molecule has 2 aliphatic rings. The lowest BCUT2D eigenvalue weighted by Crippen LogP contribution is -2.61. The standard InChI is InChI=1S/C20H23N3O3S/c1-26-16-4-2-13(3-5-16)8-17-20(25)23-11-15(9-18(23)19(24)22-17)21-10-14-6-7-27-12-14/h2-7,12,15,17-18,21H,8-11H2,1H3,(H,22,24)/t15-,17-,18-/m0/s1. The quantitative estimate of drug-likeness (QED) is 0.792. The number of rotatable bonds is 6. The second-order valence-electron chi connectivity index (χ2n) is 7.06. The number of carbonyl (C=O) groups is 2. The Balaban J connectivity index is 1.39. The van der Waals surface area contributed by atoms with Gasteiger partial charge in [0.15, 0.2) is 0 Å². The summed E-state index contributed by atoms with van der Waals surface area (Å²) < 4.78 is 5.16. The van der Waals surface area contributed by atoms with Crippen molar-refractivity contribution in [3.63, 3.8) is 0 Å². The van der Waals surface area contributed by atoms with Crippen molar-refractivity contribution in [3.8, 4) is 5.75 Å². The first kappa shape index (κ1) is 18.0. The Kier molecular flexibility index (Phi) is 5.13. The molecular formula is C20H23N3O3S. The molecule has 3 atom stereocenters. The minimum Gasteiger partial charge on any atom is -0.497 e. The molecule has 0 aliphatic carbocycles. The number of piperazine rings is 1. The highest BCUT2D eigenvalue weighted by Crippen LogP contribution is 2.24. The van der Waals surface area contributed by atoms with Gasteiger partial charge in [-0.1, -0.05) is 12.1 Å². The van der Waals surface area contributed by atoms with Crippen LogP contribution in [0.5, 0.6) is 5.75 Å². The molecule has 2 N–H and O–H groups in total. The fourth-order valence-corrected chi connectivity index (χ4v) is 4.47. The van der Waals surface area contributed by atoms with Gasteiger partial charge in [0, 0.05) is 25.6 Å². The first-order valence-corrected chi connectivity index (χ1v) is 10.1. The Hall–Kier alpha value is -2.38. The van der Waals surface area contributed by atoms with E-state index in [1.165, 1.54) is 5.56 Å². The van der Waals surface area contributed by atoms with Gasteiger partial charge >= 0.3 is 0 Å². The summed E-state index contributed by atoms with van der Waals surface area (Å²) in [5, 5.41) is 10.6. The van der Waals surface area contributed by atoms with Crippen molar-refractivity contribution in [3.05, 3.63) is 52.2 Å². The smallest absolute Gasteiger partial charge is 0.246 e. The number of hydrogen-bond acceptors (Lipinski definition) is 5. The second kappa shape index (κ2) is 7.70. The Bertz CT molecular complexity index is 806. The molecule has 7 heteroatoms. The van der Waals surface area contributed by atoms with Crippen LogP contribution >= 0.6 is 11.3 Å². The highest BCUT2D eigenvalue weighted by atomic mass is 32.1. The van der Waals surface area contributed by atoms with Crippen LogP contribution in [0.1, 0.15) is 17.5 Å². The SMILES string of the molecule is COc1ccc(C[C@@H]2NC(=O)[C@@H]3C[C@H](NCc4ccsc4)CN3C2=O)cc1. The molecule has 4 rings (SSSR count). The van der Waals surface area contributed by atoms with Crippen molar-refractivity contribution in [2.45, 2.75) is 37.5 Å². The van der Waals surface area contributed by atoms with Gasteiger partial charge in [-0.15, -0.1) is 0 Å². The third-order valence-corrected chi connectivity index (χ3v) is 6.01. The Morgan fingerprint density at radius 3 is 2.74 bits per heavy atom. The summed E-state index contributed by atoms with van der Waals surface area (Å²) in [6.45, 7) is 1.35. The monoisotopic (exact) mass is 385 g/mol. The maximum Gasteiger partial charge on any atom is 0.246 e. The van der Waals surface area contributed by atoms with Crippen LogP contribution in [0, 0.1) is 0 Å². The predicted molar refractivity (Wildman–Crippen MR) is 104 cm³/mol. The largest absolute Gasteiger partial charge is 0.497 e. The molecule has 27 heavy (non-hydrogen) atoms.